The monoisotopic (exact) mass is 354 g/mol. The average molecular weight is 354 g/mol. The highest BCUT2D eigenvalue weighted by Gasteiger charge is 2.24. The van der Waals surface area contributed by atoms with E-state index in [1.807, 2.05) is 24.5 Å². The number of hydrogen-bond donors (Lipinski definition) is 0. The van der Waals surface area contributed by atoms with E-state index in [-0.39, 0.29) is 5.41 Å². The topological polar surface area (TPSA) is 25.8 Å². The van der Waals surface area contributed by atoms with Crippen LogP contribution in [0.4, 0.5) is 0 Å². The molecule has 0 aliphatic carbocycles. The third-order valence-electron chi connectivity index (χ3n) is 5.76. The lowest BCUT2D eigenvalue weighted by atomic mass is 9.77. The fourth-order valence-corrected chi connectivity index (χ4v) is 3.92. The van der Waals surface area contributed by atoms with Crippen LogP contribution in [-0.2, 0) is 5.41 Å². The minimum Gasteiger partial charge on any atom is -0.256 e. The van der Waals surface area contributed by atoms with Crippen LogP contribution in [-0.4, -0.2) is 9.97 Å². The van der Waals surface area contributed by atoms with Crippen molar-refractivity contribution in [2.75, 3.05) is 0 Å². The molecular formula is C25H26N2. The maximum absolute atomic E-state index is 4.66. The maximum atomic E-state index is 4.66. The van der Waals surface area contributed by atoms with Gasteiger partial charge in [-0.25, -0.2) is 0 Å². The highest BCUT2D eigenvalue weighted by atomic mass is 14.7. The Hall–Kier alpha value is -2.74. The van der Waals surface area contributed by atoms with Crippen molar-refractivity contribution in [3.8, 4) is 0 Å². The van der Waals surface area contributed by atoms with Gasteiger partial charge in [0, 0.05) is 23.2 Å². The molecule has 2 heterocycles. The van der Waals surface area contributed by atoms with Gasteiger partial charge in [0.05, 0.1) is 11.0 Å². The summed E-state index contributed by atoms with van der Waals surface area (Å²) in [6, 6.07) is 21.5. The van der Waals surface area contributed by atoms with Crippen LogP contribution in [0, 0.1) is 0 Å². The quantitative estimate of drug-likeness (QED) is 0.401. The molecule has 2 aromatic heterocycles. The van der Waals surface area contributed by atoms with E-state index < -0.39 is 0 Å². The molecule has 0 saturated carbocycles. The molecule has 2 nitrogen and oxygen atoms in total. The summed E-state index contributed by atoms with van der Waals surface area (Å²) >= 11 is 0. The molecule has 0 fully saturated rings. The molecule has 27 heavy (non-hydrogen) atoms. The Morgan fingerprint density at radius 2 is 1.59 bits per heavy atom. The van der Waals surface area contributed by atoms with Crippen LogP contribution in [0.25, 0.3) is 21.8 Å². The fourth-order valence-electron chi connectivity index (χ4n) is 3.92. The smallest absolute Gasteiger partial charge is 0.0739 e. The second-order valence-corrected chi connectivity index (χ2v) is 8.16. The number of nitrogens with zero attached hydrogens (tertiary/aromatic N) is 2. The molecule has 1 atom stereocenters. The van der Waals surface area contributed by atoms with Crippen molar-refractivity contribution in [2.24, 2.45) is 0 Å². The SMILES string of the molecule is CC(CCC(C)(C)c1cccc2cccnc12)c1ccc2cccnc2c1. The van der Waals surface area contributed by atoms with Crippen molar-refractivity contribution in [1.82, 2.24) is 9.97 Å². The molecule has 0 N–H and O–H groups in total. The fraction of sp³-hybridized carbons (Fsp3) is 0.280. The zero-order valence-electron chi connectivity index (χ0n) is 16.3. The second kappa shape index (κ2) is 7.11. The molecule has 0 spiro atoms. The highest BCUT2D eigenvalue weighted by Crippen LogP contribution is 2.36. The minimum atomic E-state index is 0.0806. The molecule has 0 aliphatic rings. The van der Waals surface area contributed by atoms with E-state index in [0.717, 1.165) is 23.9 Å². The Morgan fingerprint density at radius 3 is 2.44 bits per heavy atom. The van der Waals surface area contributed by atoms with E-state index >= 15 is 0 Å². The first-order valence-corrected chi connectivity index (χ1v) is 9.73. The first-order chi connectivity index (χ1) is 13.0. The molecule has 2 aromatic carbocycles. The number of pyridine rings is 2. The van der Waals surface area contributed by atoms with Gasteiger partial charge in [0.1, 0.15) is 0 Å². The van der Waals surface area contributed by atoms with Crippen LogP contribution in [0.5, 0.6) is 0 Å². The van der Waals surface area contributed by atoms with Crippen molar-refractivity contribution in [3.63, 3.8) is 0 Å². The molecule has 0 aliphatic heterocycles. The normalized spacial score (nSPS) is 13.1. The van der Waals surface area contributed by atoms with Gasteiger partial charge >= 0.3 is 0 Å². The molecule has 4 aromatic rings. The van der Waals surface area contributed by atoms with E-state index in [1.54, 1.807) is 0 Å². The van der Waals surface area contributed by atoms with Crippen LogP contribution in [0.3, 0.4) is 0 Å². The Labute approximate surface area is 161 Å². The lowest BCUT2D eigenvalue weighted by Crippen LogP contribution is -2.19. The summed E-state index contributed by atoms with van der Waals surface area (Å²) < 4.78 is 0. The number of benzene rings is 2. The van der Waals surface area contributed by atoms with Crippen molar-refractivity contribution in [2.45, 2.75) is 44.9 Å². The van der Waals surface area contributed by atoms with Gasteiger partial charge in [0.15, 0.2) is 0 Å². The minimum absolute atomic E-state index is 0.0806. The van der Waals surface area contributed by atoms with Crippen LogP contribution in [0.2, 0.25) is 0 Å². The summed E-state index contributed by atoms with van der Waals surface area (Å²) in [5.41, 5.74) is 5.00. The molecule has 0 saturated heterocycles. The zero-order valence-corrected chi connectivity index (χ0v) is 16.3. The van der Waals surface area contributed by atoms with Gasteiger partial charge < -0.3 is 0 Å². The van der Waals surface area contributed by atoms with Crippen LogP contribution < -0.4 is 0 Å². The van der Waals surface area contributed by atoms with Gasteiger partial charge in [-0.1, -0.05) is 63.2 Å². The first-order valence-electron chi connectivity index (χ1n) is 9.73. The van der Waals surface area contributed by atoms with Crippen LogP contribution in [0.15, 0.2) is 73.1 Å². The molecule has 1 unspecified atom stereocenters. The summed E-state index contributed by atoms with van der Waals surface area (Å²) in [4.78, 5) is 9.17. The summed E-state index contributed by atoms with van der Waals surface area (Å²) in [6.45, 7) is 7.00. The predicted octanol–water partition coefficient (Wildman–Crippen LogP) is 6.64. The van der Waals surface area contributed by atoms with Gasteiger partial charge in [-0.15, -0.1) is 0 Å². The van der Waals surface area contributed by atoms with Crippen molar-refractivity contribution >= 4 is 21.8 Å². The Balaban J connectivity index is 1.55. The highest BCUT2D eigenvalue weighted by molar-refractivity contribution is 5.82. The maximum Gasteiger partial charge on any atom is 0.0739 e. The predicted molar refractivity (Wildman–Crippen MR) is 114 cm³/mol. The molecular weight excluding hydrogens is 328 g/mol. The number of fused-ring (bicyclic) bond motifs is 2. The Kier molecular flexibility index (Phi) is 4.65. The number of para-hydroxylation sites is 1. The number of rotatable bonds is 5. The van der Waals surface area contributed by atoms with Gasteiger partial charge in [-0.3, -0.25) is 9.97 Å². The van der Waals surface area contributed by atoms with Crippen molar-refractivity contribution < 1.29 is 0 Å². The van der Waals surface area contributed by atoms with Crippen molar-refractivity contribution in [3.05, 3.63) is 84.2 Å². The number of aromatic nitrogens is 2. The summed E-state index contributed by atoms with van der Waals surface area (Å²) in [7, 11) is 0. The summed E-state index contributed by atoms with van der Waals surface area (Å²) in [5.74, 6) is 0.499. The van der Waals surface area contributed by atoms with Crippen LogP contribution >= 0.6 is 0 Å². The Morgan fingerprint density at radius 1 is 0.852 bits per heavy atom. The van der Waals surface area contributed by atoms with Gasteiger partial charge in [-0.2, -0.15) is 0 Å². The standard InChI is InChI=1S/C25H26N2/c1-18(21-12-11-19-8-5-15-26-23(19)17-21)13-14-25(2,3)22-10-4-7-20-9-6-16-27-24(20)22/h4-12,15-18H,13-14H2,1-3H3. The number of hydrogen-bond acceptors (Lipinski definition) is 2. The van der Waals surface area contributed by atoms with E-state index in [0.29, 0.717) is 5.92 Å². The molecule has 2 heteroatoms. The molecule has 0 bridgehead atoms. The molecule has 4 rings (SSSR count). The molecule has 0 amide bonds. The summed E-state index contributed by atoms with van der Waals surface area (Å²) in [6.07, 6.45) is 6.01. The van der Waals surface area contributed by atoms with Crippen molar-refractivity contribution in [1.29, 1.82) is 0 Å². The van der Waals surface area contributed by atoms with E-state index in [1.165, 1.54) is 21.9 Å². The largest absolute Gasteiger partial charge is 0.256 e. The van der Waals surface area contributed by atoms with Gasteiger partial charge in [0.2, 0.25) is 0 Å². The van der Waals surface area contributed by atoms with Crippen LogP contribution in [0.1, 0.15) is 50.7 Å². The first kappa shape index (κ1) is 17.7. The zero-order chi connectivity index (χ0) is 18.9. The lowest BCUT2D eigenvalue weighted by molar-refractivity contribution is 0.442. The lowest BCUT2D eigenvalue weighted by Gasteiger charge is -2.28. The third-order valence-corrected chi connectivity index (χ3v) is 5.76. The molecule has 0 radical (unpaired) electrons. The third kappa shape index (κ3) is 3.57. The van der Waals surface area contributed by atoms with E-state index in [9.17, 15) is 0 Å². The van der Waals surface area contributed by atoms with E-state index in [4.69, 9.17) is 0 Å². The van der Waals surface area contributed by atoms with E-state index in [2.05, 4.69) is 79.3 Å². The Bertz CT molecular complexity index is 1080. The second-order valence-electron chi connectivity index (χ2n) is 8.16. The molecule has 136 valence electrons. The average Bonchev–Trinajstić information content (AvgIpc) is 2.71. The van der Waals surface area contributed by atoms with Gasteiger partial charge in [-0.05, 0) is 53.5 Å². The summed E-state index contributed by atoms with van der Waals surface area (Å²) in [5, 5.41) is 2.42. The van der Waals surface area contributed by atoms with Gasteiger partial charge in [0.25, 0.3) is 0 Å².